The molecule has 0 saturated carbocycles. The van der Waals surface area contributed by atoms with Gasteiger partial charge in [-0.3, -0.25) is 24.3 Å². The fraction of sp³-hybridized carbons (Fsp3) is 0.483. The van der Waals surface area contributed by atoms with E-state index >= 15 is 8.78 Å². The molecular weight excluding hydrogens is 1030 g/mol. The van der Waals surface area contributed by atoms with Gasteiger partial charge in [0.25, 0.3) is 0 Å². The van der Waals surface area contributed by atoms with Gasteiger partial charge in [-0.15, -0.1) is 17.8 Å². The number of hydrogen-bond donors (Lipinski definition) is 4. The van der Waals surface area contributed by atoms with Gasteiger partial charge < -0.3 is 40.3 Å². The van der Waals surface area contributed by atoms with Gasteiger partial charge in [0.05, 0.1) is 39.2 Å². The highest BCUT2D eigenvalue weighted by Gasteiger charge is 2.50. The Morgan fingerprint density at radius 2 is 1.78 bits per heavy atom. The van der Waals surface area contributed by atoms with Crippen LogP contribution in [0.2, 0.25) is 0 Å². The van der Waals surface area contributed by atoms with Gasteiger partial charge in [0, 0.05) is 73.8 Å². The van der Waals surface area contributed by atoms with Crippen LogP contribution in [0.25, 0.3) is 43.4 Å². The molecular formula is C60H68F2N10O6S. The number of ether oxygens (including phenoxy) is 1. The number of nitrogens with zero attached hydrogens (tertiary/aromatic N) is 8. The van der Waals surface area contributed by atoms with Gasteiger partial charge in [0.2, 0.25) is 17.7 Å². The van der Waals surface area contributed by atoms with E-state index in [1.165, 1.54) is 35.4 Å². The van der Waals surface area contributed by atoms with Crippen molar-refractivity contribution in [2.24, 2.45) is 5.41 Å². The molecule has 3 aromatic carbocycles. The summed E-state index contributed by atoms with van der Waals surface area (Å²) in [6, 6.07) is 11.6. The highest BCUT2D eigenvalue weighted by Crippen LogP contribution is 2.41. The Kier molecular flexibility index (Phi) is 15.1. The summed E-state index contributed by atoms with van der Waals surface area (Å²) in [5, 5.41) is 29.6. The van der Waals surface area contributed by atoms with E-state index in [-0.39, 0.29) is 107 Å². The number of phenols is 1. The zero-order valence-corrected chi connectivity index (χ0v) is 46.2. The summed E-state index contributed by atoms with van der Waals surface area (Å²) < 4.78 is 38.9. The number of benzene rings is 3. The number of aliphatic hydroxyl groups is 1. The summed E-state index contributed by atoms with van der Waals surface area (Å²) in [5.41, 5.74) is 3.93. The summed E-state index contributed by atoms with van der Waals surface area (Å²) in [7, 11) is 0. The summed E-state index contributed by atoms with van der Waals surface area (Å²) in [6.45, 7) is 12.8. The van der Waals surface area contributed by atoms with Gasteiger partial charge in [0.1, 0.15) is 47.3 Å². The Labute approximate surface area is 463 Å². The van der Waals surface area contributed by atoms with Crippen molar-refractivity contribution in [1.82, 2.24) is 45.3 Å². The van der Waals surface area contributed by atoms with E-state index in [4.69, 9.17) is 21.1 Å². The van der Waals surface area contributed by atoms with Crippen molar-refractivity contribution in [3.63, 3.8) is 0 Å². The number of hydrogen-bond acceptors (Lipinski definition) is 14. The standard InChI is InChI=1S/C60H68F2N10O6S/c1-7-44-47(61)20-16-37-24-42(73)25-45(50(37)44)52-51(62)53-46(27-63-52)56(70-28-38-17-18-39(29-70)66-38)68-59(67-53)78-31-41-11-9-23-69(41)22-8-10-40-19-21-49(75)72(40)55(60(4,5)6)58(77)71-30-43(74)26-48(71)57(76)65-33(2)35-12-14-36(15-13-35)54-34(3)64-32-79-54/h1,12-16,20,24-25,27,32-33,38-41,43,48,55,66,73-74H,8-11,17-19,21-23,26,28-31H2,2-6H3,(H,65,76)/t33-,38?,39?,40-,41-,43+,48-,55+/m0/s1. The van der Waals surface area contributed by atoms with Crippen molar-refractivity contribution >= 4 is 56.6 Å². The molecule has 5 saturated heterocycles. The maximum Gasteiger partial charge on any atom is 0.319 e. The smallest absolute Gasteiger partial charge is 0.319 e. The number of β-amino-alcohol motifs (C(OH)–C–C–N with tert-alkyl or cyclic N) is 1. The van der Waals surface area contributed by atoms with E-state index in [9.17, 15) is 24.6 Å². The number of terminal acetylenes is 1. The number of nitrogens with one attached hydrogen (secondary N) is 2. The number of amides is 3. The predicted molar refractivity (Wildman–Crippen MR) is 299 cm³/mol. The minimum atomic E-state index is -0.906. The van der Waals surface area contributed by atoms with Gasteiger partial charge in [0.15, 0.2) is 5.82 Å². The number of likely N-dealkylation sites (tertiary alicyclic amines) is 3. The average Bonchev–Trinajstić information content (AvgIpc) is 4.40. The summed E-state index contributed by atoms with van der Waals surface area (Å²) in [4.78, 5) is 70.4. The van der Waals surface area contributed by atoms with E-state index < -0.39 is 35.2 Å². The van der Waals surface area contributed by atoms with Gasteiger partial charge >= 0.3 is 6.01 Å². The molecule has 11 rings (SSSR count). The highest BCUT2D eigenvalue weighted by atomic mass is 32.1. The molecule has 6 aromatic rings. The fourth-order valence-corrected chi connectivity index (χ4v) is 13.8. The SMILES string of the molecule is C#Cc1c(F)ccc2cc(O)cc(-c3ncc4c(N5CC6CCC(C5)N6)nc(OC[C@@H]5CCCN5CCC[C@H]5CCC(=O)N5[C@H](C(=O)N5C[C@H](O)C[C@H]5C(=O)N[C@@H](C)c5ccc(-c6scnc6C)cc5)C(C)(C)C)nc4c3F)c12. The van der Waals surface area contributed by atoms with Gasteiger partial charge in [-0.05, 0) is 112 Å². The molecule has 0 radical (unpaired) electrons. The molecule has 4 N–H and O–H groups in total. The van der Waals surface area contributed by atoms with Crippen molar-refractivity contribution in [2.45, 2.75) is 141 Å². The Balaban J connectivity index is 0.776. The number of aryl methyl sites for hydroxylation is 1. The molecule has 8 atom stereocenters. The molecule has 414 valence electrons. The highest BCUT2D eigenvalue weighted by molar-refractivity contribution is 7.13. The van der Waals surface area contributed by atoms with E-state index in [0.717, 1.165) is 60.3 Å². The van der Waals surface area contributed by atoms with Crippen LogP contribution >= 0.6 is 11.3 Å². The number of phenolic OH excluding ortho intramolecular Hbond substituents is 1. The number of aliphatic hydroxyl groups excluding tert-OH is 1. The minimum absolute atomic E-state index is 0.00335. The van der Waals surface area contributed by atoms with E-state index in [0.29, 0.717) is 55.5 Å². The molecule has 8 heterocycles. The zero-order chi connectivity index (χ0) is 55.4. The van der Waals surface area contributed by atoms with E-state index in [1.807, 2.05) is 64.4 Å². The average molecular weight is 1100 g/mol. The van der Waals surface area contributed by atoms with Crippen LogP contribution in [-0.2, 0) is 14.4 Å². The van der Waals surface area contributed by atoms with Crippen LogP contribution in [0, 0.1) is 36.3 Å². The summed E-state index contributed by atoms with van der Waals surface area (Å²) in [5.74, 6) is 0.523. The first-order valence-electron chi connectivity index (χ1n) is 27.7. The first kappa shape index (κ1) is 54.1. The molecule has 0 spiro atoms. The molecule has 79 heavy (non-hydrogen) atoms. The molecule has 5 aliphatic heterocycles. The van der Waals surface area contributed by atoms with Crippen LogP contribution in [0.15, 0.2) is 60.2 Å². The molecule has 2 bridgehead atoms. The Hall–Kier alpha value is -6.85. The maximum atomic E-state index is 17.3. The number of carbonyl (C=O) groups is 3. The number of aromatic hydroxyl groups is 1. The third-order valence-electron chi connectivity index (χ3n) is 16.8. The van der Waals surface area contributed by atoms with Crippen molar-refractivity contribution in [3.05, 3.63) is 88.7 Å². The quantitative estimate of drug-likeness (QED) is 0.0724. The van der Waals surface area contributed by atoms with Crippen molar-refractivity contribution in [2.75, 3.05) is 44.2 Å². The topological polar surface area (TPSA) is 189 Å². The number of rotatable bonds is 15. The monoisotopic (exact) mass is 1090 g/mol. The van der Waals surface area contributed by atoms with Crippen LogP contribution in [0.1, 0.15) is 108 Å². The predicted octanol–water partition coefficient (Wildman–Crippen LogP) is 8.05. The van der Waals surface area contributed by atoms with Crippen molar-refractivity contribution in [1.29, 1.82) is 0 Å². The van der Waals surface area contributed by atoms with Crippen molar-refractivity contribution < 1.29 is 38.1 Å². The Bertz CT molecular complexity index is 3350. The summed E-state index contributed by atoms with van der Waals surface area (Å²) in [6.07, 6.45) is 12.6. The molecule has 3 amide bonds. The second-order valence-electron chi connectivity index (χ2n) is 23.3. The third-order valence-corrected chi connectivity index (χ3v) is 17.8. The normalized spacial score (nSPS) is 23.2. The lowest BCUT2D eigenvalue weighted by Gasteiger charge is -2.43. The number of halogens is 2. The van der Waals surface area contributed by atoms with E-state index in [1.54, 1.807) is 16.2 Å². The molecule has 3 aromatic heterocycles. The number of fused-ring (bicyclic) bond motifs is 4. The zero-order valence-electron chi connectivity index (χ0n) is 45.3. The molecule has 16 nitrogen and oxygen atoms in total. The number of thiazole rings is 1. The lowest BCUT2D eigenvalue weighted by atomic mass is 9.83. The second kappa shape index (κ2) is 22.0. The van der Waals surface area contributed by atoms with Crippen LogP contribution in [0.5, 0.6) is 11.8 Å². The van der Waals surface area contributed by atoms with Gasteiger partial charge in [-0.25, -0.2) is 13.8 Å². The number of anilines is 1. The molecule has 5 aliphatic rings. The van der Waals surface area contributed by atoms with E-state index in [2.05, 4.69) is 36.3 Å². The van der Waals surface area contributed by atoms with Crippen LogP contribution in [0.4, 0.5) is 14.6 Å². The minimum Gasteiger partial charge on any atom is -0.508 e. The van der Waals surface area contributed by atoms with Crippen LogP contribution in [0.3, 0.4) is 0 Å². The van der Waals surface area contributed by atoms with Crippen molar-refractivity contribution in [3.8, 4) is 45.8 Å². The molecule has 5 fully saturated rings. The van der Waals surface area contributed by atoms with Gasteiger partial charge in [-0.1, -0.05) is 57.0 Å². The largest absolute Gasteiger partial charge is 0.508 e. The molecule has 2 unspecified atom stereocenters. The Morgan fingerprint density at radius 3 is 2.51 bits per heavy atom. The lowest BCUT2D eigenvalue weighted by Crippen LogP contribution is -2.59. The molecule has 0 aliphatic carbocycles. The fourth-order valence-electron chi connectivity index (χ4n) is 13.0. The third kappa shape index (κ3) is 10.7. The molecule has 19 heteroatoms. The number of piperazine rings is 1. The van der Waals surface area contributed by atoms with Gasteiger partial charge in [-0.2, -0.15) is 9.97 Å². The second-order valence-corrected chi connectivity index (χ2v) is 24.1. The summed E-state index contributed by atoms with van der Waals surface area (Å²) >= 11 is 1.58. The number of pyridine rings is 1. The maximum absolute atomic E-state index is 17.3. The lowest BCUT2D eigenvalue weighted by molar-refractivity contribution is -0.152. The Morgan fingerprint density at radius 1 is 1.01 bits per heavy atom. The first-order chi connectivity index (χ1) is 37.9. The number of aromatic nitrogens is 4. The number of carbonyl (C=O) groups excluding carboxylic acids is 3. The van der Waals surface area contributed by atoms with Crippen LogP contribution < -0.4 is 20.3 Å². The first-order valence-corrected chi connectivity index (χ1v) is 28.6. The van der Waals surface area contributed by atoms with Crippen LogP contribution in [-0.4, -0.2) is 144 Å².